The highest BCUT2D eigenvalue weighted by molar-refractivity contribution is 8.00. The average Bonchev–Trinajstić information content (AvgIpc) is 2.54. The Morgan fingerprint density at radius 1 is 1.12 bits per heavy atom. The third kappa shape index (κ3) is 6.13. The number of thioether (sulfide) groups is 2. The van der Waals surface area contributed by atoms with Gasteiger partial charge >= 0.3 is 0 Å². The van der Waals surface area contributed by atoms with E-state index in [1.54, 1.807) is 23.5 Å². The fourth-order valence-electron chi connectivity index (χ4n) is 2.33. The smallest absolute Gasteiger partial charge is 0.234 e. The molecule has 3 nitrogen and oxygen atoms in total. The highest BCUT2D eigenvalue weighted by Crippen LogP contribution is 2.24. The van der Waals surface area contributed by atoms with Gasteiger partial charge in [0.15, 0.2) is 0 Å². The molecule has 5 heteroatoms. The summed E-state index contributed by atoms with van der Waals surface area (Å²) < 4.78 is 5.75. The van der Waals surface area contributed by atoms with Gasteiger partial charge in [-0.25, -0.2) is 0 Å². The molecule has 0 radical (unpaired) electrons. The third-order valence-electron chi connectivity index (χ3n) is 3.31. The van der Waals surface area contributed by atoms with Crippen LogP contribution in [0.1, 0.15) is 11.1 Å². The summed E-state index contributed by atoms with van der Waals surface area (Å²) in [7, 11) is 0. The van der Waals surface area contributed by atoms with Crippen LogP contribution in [0.2, 0.25) is 0 Å². The van der Waals surface area contributed by atoms with Crippen molar-refractivity contribution < 1.29 is 9.53 Å². The normalized spacial score (nSPS) is 10.5. The topological polar surface area (TPSA) is 38.3 Å². The van der Waals surface area contributed by atoms with Crippen molar-refractivity contribution in [3.05, 3.63) is 53.6 Å². The quantitative estimate of drug-likeness (QED) is 0.543. The van der Waals surface area contributed by atoms with E-state index in [1.807, 2.05) is 42.7 Å². The third-order valence-corrected chi connectivity index (χ3v) is 5.02. The second kappa shape index (κ2) is 9.64. The van der Waals surface area contributed by atoms with Crippen molar-refractivity contribution in [2.24, 2.45) is 0 Å². The molecule has 0 aliphatic rings. The second-order valence-electron chi connectivity index (χ2n) is 5.47. The van der Waals surface area contributed by atoms with Crippen LogP contribution in [0.3, 0.4) is 0 Å². The van der Waals surface area contributed by atoms with Gasteiger partial charge in [-0.1, -0.05) is 18.2 Å². The Hall–Kier alpha value is -1.59. The largest absolute Gasteiger partial charge is 0.493 e. The lowest BCUT2D eigenvalue weighted by Gasteiger charge is -2.10. The first kappa shape index (κ1) is 18.7. The van der Waals surface area contributed by atoms with Crippen molar-refractivity contribution in [1.82, 2.24) is 0 Å². The zero-order chi connectivity index (χ0) is 17.4. The number of hydrogen-bond donors (Lipinski definition) is 1. The maximum atomic E-state index is 12.0. The molecule has 128 valence electrons. The Bertz CT molecular complexity index is 669. The number of benzene rings is 2. The molecule has 0 saturated heterocycles. The van der Waals surface area contributed by atoms with E-state index in [0.717, 1.165) is 22.1 Å². The molecular formula is C19H23NO2S2. The molecule has 0 aliphatic carbocycles. The van der Waals surface area contributed by atoms with Gasteiger partial charge in [0.1, 0.15) is 5.75 Å². The first-order chi connectivity index (χ1) is 11.6. The number of carbonyl (C=O) groups is 1. The summed E-state index contributed by atoms with van der Waals surface area (Å²) in [4.78, 5) is 13.1. The van der Waals surface area contributed by atoms with Gasteiger partial charge in [0.25, 0.3) is 0 Å². The van der Waals surface area contributed by atoms with Crippen LogP contribution in [-0.2, 0) is 4.79 Å². The standard InChI is InChI=1S/C19H23NO2S2/c1-14-10-15(2)12-16(11-14)22-8-9-24-13-19(21)20-17-6-4-5-7-18(17)23-3/h4-7,10-12H,8-9,13H2,1-3H3,(H,20,21). The van der Waals surface area contributed by atoms with Crippen LogP contribution in [0.25, 0.3) is 0 Å². The zero-order valence-corrected chi connectivity index (χ0v) is 15.9. The van der Waals surface area contributed by atoms with E-state index in [1.165, 1.54) is 11.1 Å². The molecule has 0 aromatic heterocycles. The number of aryl methyl sites for hydroxylation is 2. The van der Waals surface area contributed by atoms with Crippen LogP contribution in [0.5, 0.6) is 5.75 Å². The van der Waals surface area contributed by atoms with Crippen LogP contribution < -0.4 is 10.1 Å². The molecular weight excluding hydrogens is 338 g/mol. The molecule has 2 aromatic rings. The number of nitrogens with one attached hydrogen (secondary N) is 1. The van der Waals surface area contributed by atoms with E-state index >= 15 is 0 Å². The van der Waals surface area contributed by atoms with Gasteiger partial charge in [0.2, 0.25) is 5.91 Å². The number of rotatable bonds is 8. The molecule has 0 atom stereocenters. The van der Waals surface area contributed by atoms with Crippen LogP contribution in [0.4, 0.5) is 5.69 Å². The summed E-state index contributed by atoms with van der Waals surface area (Å²) in [6, 6.07) is 14.0. The van der Waals surface area contributed by atoms with E-state index in [4.69, 9.17) is 4.74 Å². The Morgan fingerprint density at radius 3 is 2.54 bits per heavy atom. The zero-order valence-electron chi connectivity index (χ0n) is 14.3. The van der Waals surface area contributed by atoms with Crippen molar-refractivity contribution >= 4 is 35.1 Å². The molecule has 0 bridgehead atoms. The Balaban J connectivity index is 1.69. The van der Waals surface area contributed by atoms with Crippen LogP contribution in [0.15, 0.2) is 47.4 Å². The molecule has 0 heterocycles. The minimum Gasteiger partial charge on any atom is -0.493 e. The highest BCUT2D eigenvalue weighted by atomic mass is 32.2. The molecule has 24 heavy (non-hydrogen) atoms. The SMILES string of the molecule is CSc1ccccc1NC(=O)CSCCOc1cc(C)cc(C)c1. The summed E-state index contributed by atoms with van der Waals surface area (Å²) in [5.74, 6) is 2.13. The summed E-state index contributed by atoms with van der Waals surface area (Å²) >= 11 is 3.21. The van der Waals surface area contributed by atoms with Crippen LogP contribution in [0, 0.1) is 13.8 Å². The number of ether oxygens (including phenoxy) is 1. The molecule has 0 unspecified atom stereocenters. The molecule has 0 aliphatic heterocycles. The van der Waals surface area contributed by atoms with Gasteiger partial charge in [-0.15, -0.1) is 23.5 Å². The first-order valence-corrected chi connectivity index (χ1v) is 10.2. The fraction of sp³-hybridized carbons (Fsp3) is 0.316. The second-order valence-corrected chi connectivity index (χ2v) is 7.43. The number of para-hydroxylation sites is 1. The van der Waals surface area contributed by atoms with E-state index in [-0.39, 0.29) is 5.91 Å². The molecule has 2 rings (SSSR count). The average molecular weight is 362 g/mol. The summed E-state index contributed by atoms with van der Waals surface area (Å²) in [5, 5.41) is 2.96. The van der Waals surface area contributed by atoms with Gasteiger partial charge in [-0.2, -0.15) is 0 Å². The number of carbonyl (C=O) groups excluding carboxylic acids is 1. The van der Waals surface area contributed by atoms with Crippen molar-refractivity contribution in [3.63, 3.8) is 0 Å². The summed E-state index contributed by atoms with van der Waals surface area (Å²) in [6.07, 6.45) is 2.00. The number of anilines is 1. The summed E-state index contributed by atoms with van der Waals surface area (Å²) in [6.45, 7) is 4.72. The minimum absolute atomic E-state index is 0.0212. The number of hydrogen-bond acceptors (Lipinski definition) is 4. The van der Waals surface area contributed by atoms with E-state index in [9.17, 15) is 4.79 Å². The Morgan fingerprint density at radius 2 is 1.83 bits per heavy atom. The van der Waals surface area contributed by atoms with E-state index in [0.29, 0.717) is 12.4 Å². The van der Waals surface area contributed by atoms with E-state index in [2.05, 4.69) is 25.2 Å². The monoisotopic (exact) mass is 361 g/mol. The van der Waals surface area contributed by atoms with Crippen molar-refractivity contribution in [1.29, 1.82) is 0 Å². The lowest BCUT2D eigenvalue weighted by atomic mass is 10.1. The van der Waals surface area contributed by atoms with Gasteiger partial charge < -0.3 is 10.1 Å². The maximum absolute atomic E-state index is 12.0. The number of amides is 1. The Kier molecular flexibility index (Phi) is 7.53. The molecule has 0 spiro atoms. The minimum atomic E-state index is 0.0212. The predicted molar refractivity (Wildman–Crippen MR) is 106 cm³/mol. The lowest BCUT2D eigenvalue weighted by molar-refractivity contribution is -0.113. The predicted octanol–water partition coefficient (Wildman–Crippen LogP) is 4.78. The fourth-order valence-corrected chi connectivity index (χ4v) is 3.49. The summed E-state index contributed by atoms with van der Waals surface area (Å²) in [5.41, 5.74) is 3.27. The maximum Gasteiger partial charge on any atom is 0.234 e. The Labute approximate surface area is 152 Å². The lowest BCUT2D eigenvalue weighted by Crippen LogP contribution is -2.15. The van der Waals surface area contributed by atoms with Gasteiger partial charge in [0, 0.05) is 10.6 Å². The van der Waals surface area contributed by atoms with Crippen molar-refractivity contribution in [3.8, 4) is 5.75 Å². The van der Waals surface area contributed by atoms with Crippen molar-refractivity contribution in [2.45, 2.75) is 18.7 Å². The molecule has 1 N–H and O–H groups in total. The molecule has 2 aromatic carbocycles. The highest BCUT2D eigenvalue weighted by Gasteiger charge is 2.06. The van der Waals surface area contributed by atoms with E-state index < -0.39 is 0 Å². The van der Waals surface area contributed by atoms with Crippen LogP contribution in [-0.4, -0.2) is 30.3 Å². The van der Waals surface area contributed by atoms with Gasteiger partial charge in [-0.05, 0) is 55.5 Å². The molecule has 0 fully saturated rings. The molecule has 1 amide bonds. The molecule has 0 saturated carbocycles. The van der Waals surface area contributed by atoms with Gasteiger partial charge in [-0.3, -0.25) is 4.79 Å². The first-order valence-electron chi connectivity index (χ1n) is 7.80. The van der Waals surface area contributed by atoms with Gasteiger partial charge in [0.05, 0.1) is 18.0 Å². The van der Waals surface area contributed by atoms with Crippen molar-refractivity contribution in [2.75, 3.05) is 29.7 Å². The van der Waals surface area contributed by atoms with Crippen LogP contribution >= 0.6 is 23.5 Å².